The van der Waals surface area contributed by atoms with E-state index in [1.165, 1.54) is 5.56 Å². The summed E-state index contributed by atoms with van der Waals surface area (Å²) in [5, 5.41) is 3.33. The molecule has 0 saturated heterocycles. The molecule has 0 unspecified atom stereocenters. The number of benzene rings is 1. The monoisotopic (exact) mass is 349 g/mol. The van der Waals surface area contributed by atoms with Gasteiger partial charge in [0.05, 0.1) is 6.54 Å². The highest BCUT2D eigenvalue weighted by atomic mass is 79.9. The molecule has 0 bridgehead atoms. The maximum absolute atomic E-state index is 4.32. The van der Waals surface area contributed by atoms with Crippen molar-refractivity contribution in [3.63, 3.8) is 0 Å². The maximum atomic E-state index is 4.32. The first-order valence-electron chi connectivity index (χ1n) is 6.73. The molecule has 112 valence electrons. The number of guanidine groups is 1. The summed E-state index contributed by atoms with van der Waals surface area (Å²) in [7, 11) is 5.79. The molecule has 0 radical (unpaired) electrons. The Hall–Kier alpha value is -1.82. The molecule has 0 aliphatic rings. The van der Waals surface area contributed by atoms with Crippen LogP contribution in [0.5, 0.6) is 0 Å². The van der Waals surface area contributed by atoms with Gasteiger partial charge >= 0.3 is 0 Å². The van der Waals surface area contributed by atoms with Crippen molar-refractivity contribution in [3.05, 3.63) is 52.5 Å². The maximum Gasteiger partial charge on any atom is 0.194 e. The van der Waals surface area contributed by atoms with Gasteiger partial charge in [-0.2, -0.15) is 0 Å². The lowest BCUT2D eigenvalue weighted by Gasteiger charge is -2.22. The Labute approximate surface area is 133 Å². The SMILES string of the molecule is CN=C(NCc1nccn1C)N(C)Cc1ccccc1Br. The summed E-state index contributed by atoms with van der Waals surface area (Å²) in [6.07, 6.45) is 3.73. The van der Waals surface area contributed by atoms with Gasteiger partial charge in [-0.15, -0.1) is 0 Å². The first-order chi connectivity index (χ1) is 10.1. The second kappa shape index (κ2) is 7.26. The molecule has 0 amide bonds. The second-order valence-electron chi connectivity index (χ2n) is 4.80. The number of rotatable bonds is 4. The zero-order valence-corrected chi connectivity index (χ0v) is 14.1. The molecule has 0 saturated carbocycles. The molecule has 0 spiro atoms. The predicted molar refractivity (Wildman–Crippen MR) is 89.0 cm³/mol. The predicted octanol–water partition coefficient (Wildman–Crippen LogP) is 2.39. The van der Waals surface area contributed by atoms with Crippen molar-refractivity contribution in [3.8, 4) is 0 Å². The van der Waals surface area contributed by atoms with Crippen LogP contribution >= 0.6 is 15.9 Å². The molecule has 2 aromatic rings. The number of aliphatic imine (C=N–C) groups is 1. The van der Waals surface area contributed by atoms with Gasteiger partial charge in [0.2, 0.25) is 0 Å². The minimum absolute atomic E-state index is 0.649. The molecule has 1 aromatic heterocycles. The quantitative estimate of drug-likeness (QED) is 0.680. The topological polar surface area (TPSA) is 45.5 Å². The summed E-state index contributed by atoms with van der Waals surface area (Å²) < 4.78 is 3.10. The lowest BCUT2D eigenvalue weighted by atomic mass is 10.2. The summed E-state index contributed by atoms with van der Waals surface area (Å²) in [5.41, 5.74) is 1.22. The van der Waals surface area contributed by atoms with E-state index in [0.29, 0.717) is 6.54 Å². The lowest BCUT2D eigenvalue weighted by molar-refractivity contribution is 0.473. The molecule has 6 heteroatoms. The van der Waals surface area contributed by atoms with E-state index in [0.717, 1.165) is 22.8 Å². The highest BCUT2D eigenvalue weighted by Crippen LogP contribution is 2.17. The van der Waals surface area contributed by atoms with Gasteiger partial charge in [-0.3, -0.25) is 4.99 Å². The van der Waals surface area contributed by atoms with Crippen LogP contribution in [0.4, 0.5) is 0 Å². The summed E-state index contributed by atoms with van der Waals surface area (Å²) in [6.45, 7) is 1.43. The van der Waals surface area contributed by atoms with Gasteiger partial charge in [-0.25, -0.2) is 4.98 Å². The Morgan fingerprint density at radius 3 is 2.81 bits per heavy atom. The van der Waals surface area contributed by atoms with Crippen molar-refractivity contribution in [1.82, 2.24) is 19.8 Å². The number of imidazole rings is 1. The fourth-order valence-electron chi connectivity index (χ4n) is 2.07. The van der Waals surface area contributed by atoms with E-state index in [4.69, 9.17) is 0 Å². The number of nitrogens with zero attached hydrogens (tertiary/aromatic N) is 4. The van der Waals surface area contributed by atoms with Crippen molar-refractivity contribution in [2.75, 3.05) is 14.1 Å². The van der Waals surface area contributed by atoms with Crippen LogP contribution in [0.1, 0.15) is 11.4 Å². The third-order valence-electron chi connectivity index (χ3n) is 3.26. The smallest absolute Gasteiger partial charge is 0.194 e. The van der Waals surface area contributed by atoms with E-state index < -0.39 is 0 Å². The van der Waals surface area contributed by atoms with Gasteiger partial charge in [0.1, 0.15) is 5.82 Å². The first-order valence-corrected chi connectivity index (χ1v) is 7.52. The fraction of sp³-hybridized carbons (Fsp3) is 0.333. The number of nitrogens with one attached hydrogen (secondary N) is 1. The molecule has 1 N–H and O–H groups in total. The summed E-state index contributed by atoms with van der Waals surface area (Å²) >= 11 is 3.58. The highest BCUT2D eigenvalue weighted by molar-refractivity contribution is 9.10. The van der Waals surface area contributed by atoms with Crippen LogP contribution in [0.15, 0.2) is 46.1 Å². The highest BCUT2D eigenvalue weighted by Gasteiger charge is 2.09. The fourth-order valence-corrected chi connectivity index (χ4v) is 2.48. The van der Waals surface area contributed by atoms with Gasteiger partial charge in [-0.1, -0.05) is 34.1 Å². The van der Waals surface area contributed by atoms with Crippen LogP contribution in [0.25, 0.3) is 0 Å². The van der Waals surface area contributed by atoms with Crippen LogP contribution in [0, 0.1) is 0 Å². The van der Waals surface area contributed by atoms with Crippen LogP contribution < -0.4 is 5.32 Å². The largest absolute Gasteiger partial charge is 0.349 e. The van der Waals surface area contributed by atoms with Crippen LogP contribution in [-0.2, 0) is 20.1 Å². The molecule has 2 rings (SSSR count). The number of hydrogen-bond acceptors (Lipinski definition) is 2. The van der Waals surface area contributed by atoms with Crippen molar-refractivity contribution < 1.29 is 0 Å². The summed E-state index contributed by atoms with van der Waals surface area (Å²) in [4.78, 5) is 10.7. The molecule has 1 aromatic carbocycles. The van der Waals surface area contributed by atoms with Crippen LogP contribution in [0.3, 0.4) is 0 Å². The van der Waals surface area contributed by atoms with E-state index in [1.807, 2.05) is 43.1 Å². The molecular weight excluding hydrogens is 330 g/mol. The molecule has 5 nitrogen and oxygen atoms in total. The average molecular weight is 350 g/mol. The molecule has 0 aliphatic heterocycles. The molecule has 0 fully saturated rings. The van der Waals surface area contributed by atoms with E-state index in [2.05, 4.69) is 42.2 Å². The normalized spacial score (nSPS) is 11.5. The summed E-state index contributed by atoms with van der Waals surface area (Å²) in [6, 6.07) is 8.21. The van der Waals surface area contributed by atoms with Gasteiger partial charge in [0.15, 0.2) is 5.96 Å². The van der Waals surface area contributed by atoms with Crippen molar-refractivity contribution >= 4 is 21.9 Å². The third-order valence-corrected chi connectivity index (χ3v) is 4.04. The van der Waals surface area contributed by atoms with Crippen LogP contribution in [-0.4, -0.2) is 34.5 Å². The number of aryl methyl sites for hydroxylation is 1. The second-order valence-corrected chi connectivity index (χ2v) is 5.66. The molecule has 1 heterocycles. The van der Waals surface area contributed by atoms with E-state index in [1.54, 1.807) is 13.2 Å². The Morgan fingerprint density at radius 2 is 2.19 bits per heavy atom. The van der Waals surface area contributed by atoms with E-state index in [-0.39, 0.29) is 0 Å². The zero-order valence-electron chi connectivity index (χ0n) is 12.5. The summed E-state index contributed by atoms with van der Waals surface area (Å²) in [5.74, 6) is 1.82. The Bertz CT molecular complexity index is 620. The Balaban J connectivity index is 1.98. The molecule has 0 atom stereocenters. The molecule has 21 heavy (non-hydrogen) atoms. The minimum atomic E-state index is 0.649. The Morgan fingerprint density at radius 1 is 1.43 bits per heavy atom. The number of hydrogen-bond donors (Lipinski definition) is 1. The third kappa shape index (κ3) is 4.07. The Kier molecular flexibility index (Phi) is 5.38. The van der Waals surface area contributed by atoms with Gasteiger partial charge in [-0.05, 0) is 11.6 Å². The molecule has 0 aliphatic carbocycles. The van der Waals surface area contributed by atoms with Crippen molar-refractivity contribution in [2.24, 2.45) is 12.0 Å². The number of aromatic nitrogens is 2. The average Bonchev–Trinajstić information content (AvgIpc) is 2.88. The zero-order chi connectivity index (χ0) is 15.2. The van der Waals surface area contributed by atoms with E-state index >= 15 is 0 Å². The van der Waals surface area contributed by atoms with Crippen molar-refractivity contribution in [1.29, 1.82) is 0 Å². The standard InChI is InChI=1S/C15H20BrN5/c1-17-15(19-10-14-18-8-9-20(14)2)21(3)11-12-6-4-5-7-13(12)16/h4-9H,10-11H2,1-3H3,(H,17,19). The van der Waals surface area contributed by atoms with Gasteiger partial charge in [0.25, 0.3) is 0 Å². The lowest BCUT2D eigenvalue weighted by Crippen LogP contribution is -2.38. The van der Waals surface area contributed by atoms with Crippen molar-refractivity contribution in [2.45, 2.75) is 13.1 Å². The first kappa shape index (κ1) is 15.6. The number of halogens is 1. The van der Waals surface area contributed by atoms with Gasteiger partial charge < -0.3 is 14.8 Å². The minimum Gasteiger partial charge on any atom is -0.349 e. The molecular formula is C15H20BrN5. The van der Waals surface area contributed by atoms with Gasteiger partial charge in [0, 0.05) is 44.6 Å². The van der Waals surface area contributed by atoms with E-state index in [9.17, 15) is 0 Å². The van der Waals surface area contributed by atoms with Crippen LogP contribution in [0.2, 0.25) is 0 Å².